The average molecular weight is 332 g/mol. The molecule has 2 aromatic rings. The summed E-state index contributed by atoms with van der Waals surface area (Å²) in [7, 11) is -3.76. The van der Waals surface area contributed by atoms with E-state index in [1.165, 1.54) is 30.3 Å². The van der Waals surface area contributed by atoms with Gasteiger partial charge >= 0.3 is 0 Å². The van der Waals surface area contributed by atoms with Gasteiger partial charge < -0.3 is 0 Å². The SMILES string of the molecule is C=CCc1cc([N+](=O)[O-])ccc1NS(=O)(=O)c1ccc(C)cc1. The lowest BCUT2D eigenvalue weighted by molar-refractivity contribution is -0.384. The molecule has 0 unspecified atom stereocenters. The number of hydrogen-bond acceptors (Lipinski definition) is 4. The number of nitro groups is 1. The lowest BCUT2D eigenvalue weighted by Crippen LogP contribution is -2.14. The molecule has 0 aliphatic heterocycles. The number of benzene rings is 2. The van der Waals surface area contributed by atoms with Crippen LogP contribution in [-0.4, -0.2) is 13.3 Å². The molecule has 0 atom stereocenters. The number of nitrogens with one attached hydrogen (secondary N) is 1. The first-order valence-electron chi connectivity index (χ1n) is 6.81. The highest BCUT2D eigenvalue weighted by atomic mass is 32.2. The second-order valence-corrected chi connectivity index (χ2v) is 6.69. The van der Waals surface area contributed by atoms with Gasteiger partial charge in [0.05, 0.1) is 15.5 Å². The number of nitro benzene ring substituents is 1. The number of non-ortho nitro benzene ring substituents is 1. The minimum absolute atomic E-state index is 0.0971. The molecule has 23 heavy (non-hydrogen) atoms. The molecule has 120 valence electrons. The first kappa shape index (κ1) is 16.7. The summed E-state index contributed by atoms with van der Waals surface area (Å²) >= 11 is 0. The number of nitrogens with zero attached hydrogens (tertiary/aromatic N) is 1. The molecular formula is C16H16N2O4S. The molecule has 0 aromatic heterocycles. The zero-order valence-electron chi connectivity index (χ0n) is 12.5. The van der Waals surface area contributed by atoms with Crippen LogP contribution in [0, 0.1) is 17.0 Å². The third-order valence-electron chi connectivity index (χ3n) is 3.24. The predicted octanol–water partition coefficient (Wildman–Crippen LogP) is 3.43. The van der Waals surface area contributed by atoms with Crippen LogP contribution in [-0.2, 0) is 16.4 Å². The fourth-order valence-electron chi connectivity index (χ4n) is 2.04. The van der Waals surface area contributed by atoms with Crippen LogP contribution < -0.4 is 4.72 Å². The Morgan fingerprint density at radius 1 is 1.22 bits per heavy atom. The van der Waals surface area contributed by atoms with E-state index in [2.05, 4.69) is 11.3 Å². The molecule has 0 bridgehead atoms. The Morgan fingerprint density at radius 3 is 2.43 bits per heavy atom. The molecule has 0 saturated heterocycles. The highest BCUT2D eigenvalue weighted by Gasteiger charge is 2.17. The fourth-order valence-corrected chi connectivity index (χ4v) is 3.14. The van der Waals surface area contributed by atoms with Gasteiger partial charge in [0.25, 0.3) is 15.7 Å². The van der Waals surface area contributed by atoms with Gasteiger partial charge in [-0.3, -0.25) is 14.8 Å². The summed E-state index contributed by atoms with van der Waals surface area (Å²) in [5, 5.41) is 10.8. The second-order valence-electron chi connectivity index (χ2n) is 5.01. The summed E-state index contributed by atoms with van der Waals surface area (Å²) < 4.78 is 27.3. The Balaban J connectivity index is 2.40. The lowest BCUT2D eigenvalue weighted by atomic mass is 10.1. The van der Waals surface area contributed by atoms with Crippen molar-refractivity contribution < 1.29 is 13.3 Å². The summed E-state index contributed by atoms with van der Waals surface area (Å²) in [6.45, 7) is 5.45. The minimum Gasteiger partial charge on any atom is -0.279 e. The van der Waals surface area contributed by atoms with Gasteiger partial charge in [-0.05, 0) is 37.1 Å². The van der Waals surface area contributed by atoms with Crippen molar-refractivity contribution in [1.82, 2.24) is 0 Å². The molecule has 0 amide bonds. The van der Waals surface area contributed by atoms with Gasteiger partial charge in [-0.1, -0.05) is 23.8 Å². The number of rotatable bonds is 6. The van der Waals surface area contributed by atoms with Crippen LogP contribution in [0.4, 0.5) is 11.4 Å². The molecule has 0 saturated carbocycles. The summed E-state index contributed by atoms with van der Waals surface area (Å²) in [5.74, 6) is 0. The van der Waals surface area contributed by atoms with Crippen molar-refractivity contribution in [1.29, 1.82) is 0 Å². The Hall–Kier alpha value is -2.67. The molecule has 0 fully saturated rings. The maximum atomic E-state index is 12.4. The fraction of sp³-hybridized carbons (Fsp3) is 0.125. The van der Waals surface area contributed by atoms with Crippen LogP contribution in [0.1, 0.15) is 11.1 Å². The van der Waals surface area contributed by atoms with E-state index in [1.807, 2.05) is 6.92 Å². The van der Waals surface area contributed by atoms with Gasteiger partial charge in [-0.25, -0.2) is 8.42 Å². The number of aryl methyl sites for hydroxylation is 1. The monoisotopic (exact) mass is 332 g/mol. The first-order chi connectivity index (χ1) is 10.8. The number of sulfonamides is 1. The first-order valence-corrected chi connectivity index (χ1v) is 8.29. The van der Waals surface area contributed by atoms with Gasteiger partial charge in [0.1, 0.15) is 0 Å². The second kappa shape index (κ2) is 6.62. The Labute approximate surface area is 134 Å². The normalized spacial score (nSPS) is 11.0. The third-order valence-corrected chi connectivity index (χ3v) is 4.62. The number of allylic oxidation sites excluding steroid dienone is 1. The van der Waals surface area contributed by atoms with Crippen LogP contribution in [0.15, 0.2) is 60.0 Å². The summed E-state index contributed by atoms with van der Waals surface area (Å²) in [6, 6.07) is 10.4. The van der Waals surface area contributed by atoms with E-state index in [1.54, 1.807) is 18.2 Å². The molecule has 0 aliphatic carbocycles. The Kier molecular flexibility index (Phi) is 4.80. The predicted molar refractivity (Wildman–Crippen MR) is 89.0 cm³/mol. The maximum absolute atomic E-state index is 12.4. The van der Waals surface area contributed by atoms with E-state index in [0.29, 0.717) is 17.7 Å². The average Bonchev–Trinajstić information content (AvgIpc) is 2.49. The van der Waals surface area contributed by atoms with Crippen LogP contribution in [0.5, 0.6) is 0 Å². The van der Waals surface area contributed by atoms with Gasteiger partial charge in [0, 0.05) is 12.1 Å². The largest absolute Gasteiger partial charge is 0.279 e. The molecule has 2 rings (SSSR count). The van der Waals surface area contributed by atoms with E-state index in [4.69, 9.17) is 0 Å². The molecule has 7 heteroatoms. The molecule has 0 aliphatic rings. The van der Waals surface area contributed by atoms with Gasteiger partial charge in [0.15, 0.2) is 0 Å². The van der Waals surface area contributed by atoms with Gasteiger partial charge in [0.2, 0.25) is 0 Å². The molecule has 0 heterocycles. The van der Waals surface area contributed by atoms with Crippen molar-refractivity contribution in [3.63, 3.8) is 0 Å². The quantitative estimate of drug-likeness (QED) is 0.498. The molecule has 0 spiro atoms. The molecular weight excluding hydrogens is 316 g/mol. The van der Waals surface area contributed by atoms with Crippen molar-refractivity contribution >= 4 is 21.4 Å². The van der Waals surface area contributed by atoms with E-state index < -0.39 is 14.9 Å². The number of anilines is 1. The summed E-state index contributed by atoms with van der Waals surface area (Å²) in [4.78, 5) is 10.5. The summed E-state index contributed by atoms with van der Waals surface area (Å²) in [5.41, 5.74) is 1.65. The topological polar surface area (TPSA) is 89.3 Å². The zero-order valence-corrected chi connectivity index (χ0v) is 13.3. The van der Waals surface area contributed by atoms with Crippen molar-refractivity contribution in [2.24, 2.45) is 0 Å². The van der Waals surface area contributed by atoms with Crippen molar-refractivity contribution in [2.45, 2.75) is 18.2 Å². The van der Waals surface area contributed by atoms with Crippen LogP contribution >= 0.6 is 0 Å². The van der Waals surface area contributed by atoms with E-state index in [9.17, 15) is 18.5 Å². The van der Waals surface area contributed by atoms with Crippen LogP contribution in [0.2, 0.25) is 0 Å². The zero-order chi connectivity index (χ0) is 17.0. The van der Waals surface area contributed by atoms with Crippen molar-refractivity contribution in [3.05, 3.63) is 76.4 Å². The summed E-state index contributed by atoms with van der Waals surface area (Å²) in [6.07, 6.45) is 1.87. The van der Waals surface area contributed by atoms with Gasteiger partial charge in [-0.2, -0.15) is 0 Å². The van der Waals surface area contributed by atoms with E-state index >= 15 is 0 Å². The molecule has 0 radical (unpaired) electrons. The Morgan fingerprint density at radius 2 is 1.87 bits per heavy atom. The highest BCUT2D eigenvalue weighted by molar-refractivity contribution is 7.92. The molecule has 6 nitrogen and oxygen atoms in total. The van der Waals surface area contributed by atoms with Crippen LogP contribution in [0.3, 0.4) is 0 Å². The smallest absolute Gasteiger partial charge is 0.269 e. The Bertz CT molecular complexity index is 843. The number of hydrogen-bond donors (Lipinski definition) is 1. The minimum atomic E-state index is -3.76. The van der Waals surface area contributed by atoms with Crippen molar-refractivity contribution in [2.75, 3.05) is 4.72 Å². The maximum Gasteiger partial charge on any atom is 0.269 e. The van der Waals surface area contributed by atoms with Gasteiger partial charge in [-0.15, -0.1) is 6.58 Å². The lowest BCUT2D eigenvalue weighted by Gasteiger charge is -2.12. The van der Waals surface area contributed by atoms with Crippen molar-refractivity contribution in [3.8, 4) is 0 Å². The van der Waals surface area contributed by atoms with E-state index in [-0.39, 0.29) is 10.6 Å². The molecule has 1 N–H and O–H groups in total. The van der Waals surface area contributed by atoms with Crippen LogP contribution in [0.25, 0.3) is 0 Å². The molecule has 2 aromatic carbocycles. The standard InChI is InChI=1S/C16H16N2O4S/c1-3-4-13-11-14(18(19)20)7-10-16(13)17-23(21,22)15-8-5-12(2)6-9-15/h3,5-11,17H,1,4H2,2H3. The highest BCUT2D eigenvalue weighted by Crippen LogP contribution is 2.25. The third kappa shape index (κ3) is 3.95. The van der Waals surface area contributed by atoms with E-state index in [0.717, 1.165) is 5.56 Å².